The third kappa shape index (κ3) is 3.62. The van der Waals surface area contributed by atoms with Crippen LogP contribution in [0, 0.1) is 17.2 Å². The molecule has 31 heavy (non-hydrogen) atoms. The van der Waals surface area contributed by atoms with Gasteiger partial charge in [0.25, 0.3) is 11.8 Å². The molecule has 4 aliphatic rings. The van der Waals surface area contributed by atoms with Gasteiger partial charge >= 0.3 is 0 Å². The van der Waals surface area contributed by atoms with Gasteiger partial charge in [0.15, 0.2) is 0 Å². The molecule has 1 amide bonds. The first kappa shape index (κ1) is 21.1. The van der Waals surface area contributed by atoms with Crippen molar-refractivity contribution in [2.75, 3.05) is 6.61 Å². The van der Waals surface area contributed by atoms with E-state index in [9.17, 15) is 26.4 Å². The van der Waals surface area contributed by atoms with Gasteiger partial charge in [0.1, 0.15) is 11.6 Å². The van der Waals surface area contributed by atoms with Gasteiger partial charge in [0.2, 0.25) is 10.0 Å². The molecule has 0 aliphatic heterocycles. The molecule has 4 saturated carbocycles. The van der Waals surface area contributed by atoms with Crippen LogP contribution in [0.3, 0.4) is 0 Å². The van der Waals surface area contributed by atoms with Gasteiger partial charge in [-0.1, -0.05) is 12.8 Å². The number of hydrogen-bond donors (Lipinski definition) is 1. The summed E-state index contributed by atoms with van der Waals surface area (Å²) in [6, 6.07) is 2.38. The fourth-order valence-corrected chi connectivity index (χ4v) is 6.50. The summed E-state index contributed by atoms with van der Waals surface area (Å²) in [5.74, 6) is -4.54. The van der Waals surface area contributed by atoms with Crippen LogP contribution in [0.4, 0.5) is 13.2 Å². The normalized spacial score (nSPS) is 29.6. The van der Waals surface area contributed by atoms with Crippen LogP contribution < -0.4 is 9.46 Å². The number of carbonyl (C=O) groups excluding carboxylic acids is 1. The Bertz CT molecular complexity index is 1020. The lowest BCUT2D eigenvalue weighted by molar-refractivity contribution is -0.269. The fourth-order valence-electron chi connectivity index (χ4n) is 5.20. The Morgan fingerprint density at radius 2 is 1.87 bits per heavy atom. The van der Waals surface area contributed by atoms with Crippen molar-refractivity contribution < 1.29 is 31.1 Å². The molecule has 1 aromatic rings. The summed E-state index contributed by atoms with van der Waals surface area (Å²) in [6.45, 7) is -0.175. The smallest absolute Gasteiger partial charge is 0.267 e. The van der Waals surface area contributed by atoms with Gasteiger partial charge in [-0.2, -0.15) is 0 Å². The molecule has 9 heteroatoms. The minimum absolute atomic E-state index is 0.0590. The van der Waals surface area contributed by atoms with Crippen molar-refractivity contribution in [1.29, 1.82) is 0 Å². The summed E-state index contributed by atoms with van der Waals surface area (Å²) >= 11 is 0. The van der Waals surface area contributed by atoms with E-state index in [4.69, 9.17) is 4.74 Å². The van der Waals surface area contributed by atoms with E-state index in [-0.39, 0.29) is 36.2 Å². The molecule has 4 fully saturated rings. The second-order valence-corrected chi connectivity index (χ2v) is 11.6. The molecule has 1 N–H and O–H groups in total. The van der Waals surface area contributed by atoms with E-state index in [0.29, 0.717) is 24.8 Å². The summed E-state index contributed by atoms with van der Waals surface area (Å²) in [6.07, 6.45) is 5.33. The van der Waals surface area contributed by atoms with E-state index in [0.717, 1.165) is 38.2 Å². The van der Waals surface area contributed by atoms with Crippen LogP contribution in [0.25, 0.3) is 0 Å². The highest BCUT2D eigenvalue weighted by molar-refractivity contribution is 7.91. The molecule has 2 atom stereocenters. The van der Waals surface area contributed by atoms with E-state index in [2.05, 4.69) is 0 Å². The Morgan fingerprint density at radius 3 is 2.48 bits per heavy atom. The number of amides is 1. The number of halogens is 3. The molecule has 5 rings (SSSR count). The number of alkyl halides is 2. The van der Waals surface area contributed by atoms with Gasteiger partial charge in [-0.15, -0.1) is 0 Å². The predicted octanol–water partition coefficient (Wildman–Crippen LogP) is 4.52. The Kier molecular flexibility index (Phi) is 4.84. The largest absolute Gasteiger partial charge is 0.492 e. The molecular formula is C22H26F3NO4S. The third-order valence-electron chi connectivity index (χ3n) is 7.48. The van der Waals surface area contributed by atoms with Crippen molar-refractivity contribution in [3.8, 4) is 5.75 Å². The molecule has 0 spiro atoms. The van der Waals surface area contributed by atoms with Gasteiger partial charge < -0.3 is 4.74 Å². The SMILES string of the molecule is O=C(NS(=O)(=O)C1CC1)c1cc(C2CC2)c(OCC23CCCCC2CC3(F)F)cc1F. The zero-order valence-corrected chi connectivity index (χ0v) is 17.9. The highest BCUT2D eigenvalue weighted by Crippen LogP contribution is 2.64. The molecule has 0 saturated heterocycles. The Labute approximate surface area is 179 Å². The van der Waals surface area contributed by atoms with Crippen LogP contribution in [0.5, 0.6) is 5.75 Å². The number of sulfonamides is 1. The van der Waals surface area contributed by atoms with Gasteiger partial charge in [0.05, 0.1) is 22.8 Å². The summed E-state index contributed by atoms with van der Waals surface area (Å²) in [7, 11) is -3.80. The first-order valence-corrected chi connectivity index (χ1v) is 12.6. The topological polar surface area (TPSA) is 72.5 Å². The zero-order chi connectivity index (χ0) is 22.0. The van der Waals surface area contributed by atoms with Crippen LogP contribution in [0.15, 0.2) is 12.1 Å². The fraction of sp³-hybridized carbons (Fsp3) is 0.682. The van der Waals surface area contributed by atoms with E-state index in [1.165, 1.54) is 6.07 Å². The quantitative estimate of drug-likeness (QED) is 0.654. The maximum Gasteiger partial charge on any atom is 0.267 e. The lowest BCUT2D eigenvalue weighted by Crippen LogP contribution is -2.62. The van der Waals surface area contributed by atoms with E-state index in [1.54, 1.807) is 0 Å². The van der Waals surface area contributed by atoms with Crippen molar-refractivity contribution >= 4 is 15.9 Å². The lowest BCUT2D eigenvalue weighted by Gasteiger charge is -2.57. The number of ether oxygens (including phenoxy) is 1. The molecule has 4 aliphatic carbocycles. The monoisotopic (exact) mass is 457 g/mol. The van der Waals surface area contributed by atoms with Crippen LogP contribution in [0.1, 0.15) is 79.6 Å². The van der Waals surface area contributed by atoms with Crippen molar-refractivity contribution in [1.82, 2.24) is 4.72 Å². The number of nitrogens with one attached hydrogen (secondary N) is 1. The van der Waals surface area contributed by atoms with Crippen molar-refractivity contribution in [3.63, 3.8) is 0 Å². The van der Waals surface area contributed by atoms with Crippen LogP contribution in [0.2, 0.25) is 0 Å². The van der Waals surface area contributed by atoms with Crippen LogP contribution in [-0.4, -0.2) is 32.1 Å². The summed E-state index contributed by atoms with van der Waals surface area (Å²) < 4.78 is 75.7. The molecule has 5 nitrogen and oxygen atoms in total. The number of carbonyl (C=O) groups is 1. The zero-order valence-electron chi connectivity index (χ0n) is 17.1. The predicted molar refractivity (Wildman–Crippen MR) is 107 cm³/mol. The maximum atomic E-state index is 14.8. The second kappa shape index (κ2) is 7.12. The standard InChI is InChI=1S/C22H26F3NO4S/c23-18-10-19(30-12-21-8-2-1-3-14(21)11-22(21,24)25)16(13-4-5-13)9-17(18)20(27)26-31(28,29)15-6-7-15/h9-10,13-15H,1-8,11-12H2,(H,26,27). The number of benzene rings is 1. The van der Waals surface area contributed by atoms with Crippen molar-refractivity contribution in [2.45, 2.75) is 74.9 Å². The van der Waals surface area contributed by atoms with Crippen LogP contribution in [-0.2, 0) is 10.0 Å². The van der Waals surface area contributed by atoms with Crippen LogP contribution >= 0.6 is 0 Å². The highest BCUT2D eigenvalue weighted by atomic mass is 32.2. The molecule has 0 heterocycles. The van der Waals surface area contributed by atoms with Gasteiger partial charge in [0, 0.05) is 12.5 Å². The third-order valence-corrected chi connectivity index (χ3v) is 9.30. The highest BCUT2D eigenvalue weighted by Gasteiger charge is 2.68. The summed E-state index contributed by atoms with van der Waals surface area (Å²) in [5, 5.41) is -0.600. The molecule has 1 aromatic carbocycles. The molecule has 2 unspecified atom stereocenters. The first-order chi connectivity index (χ1) is 14.6. The summed E-state index contributed by atoms with van der Waals surface area (Å²) in [5.41, 5.74) is -0.973. The molecule has 0 radical (unpaired) electrons. The lowest BCUT2D eigenvalue weighted by atomic mass is 9.51. The molecule has 170 valence electrons. The van der Waals surface area contributed by atoms with Gasteiger partial charge in [-0.05, 0) is 62.0 Å². The Morgan fingerprint density at radius 1 is 1.13 bits per heavy atom. The summed E-state index contributed by atoms with van der Waals surface area (Å²) in [4.78, 5) is 12.4. The minimum atomic E-state index is -3.80. The van der Waals surface area contributed by atoms with E-state index >= 15 is 0 Å². The number of hydrogen-bond acceptors (Lipinski definition) is 4. The molecular weight excluding hydrogens is 431 g/mol. The molecule has 0 bridgehead atoms. The first-order valence-electron chi connectivity index (χ1n) is 11.0. The average Bonchev–Trinajstić information content (AvgIpc) is 3.58. The Hall–Kier alpha value is -1.77. The second-order valence-electron chi connectivity index (χ2n) is 9.62. The maximum absolute atomic E-state index is 14.8. The van der Waals surface area contributed by atoms with Gasteiger partial charge in [-0.25, -0.2) is 26.3 Å². The Balaban J connectivity index is 1.38. The van der Waals surface area contributed by atoms with Crippen molar-refractivity contribution in [2.24, 2.45) is 11.3 Å². The molecule has 0 aromatic heterocycles. The van der Waals surface area contributed by atoms with E-state index < -0.39 is 38.3 Å². The van der Waals surface area contributed by atoms with Crippen molar-refractivity contribution in [3.05, 3.63) is 29.1 Å². The van der Waals surface area contributed by atoms with E-state index in [1.807, 2.05) is 4.72 Å². The average molecular weight is 458 g/mol. The number of fused-ring (bicyclic) bond motifs is 1. The minimum Gasteiger partial charge on any atom is -0.492 e. The number of rotatable bonds is 7. The van der Waals surface area contributed by atoms with Gasteiger partial charge in [-0.3, -0.25) is 4.79 Å².